The van der Waals surface area contributed by atoms with E-state index < -0.39 is 0 Å². The molecular weight excluding hydrogens is 687 g/mol. The monoisotopic (exact) mass is 748 g/mol. The molecule has 0 atom stereocenters. The standard InChI is InChI=1S/C54H61BN2/c1-47(2)32-22-20-30(24-34(32)49(47,5)6)56-42-18-17-19-43-46(42)55(40-26-36-38(28-44(40)56)53(13,14)51(36,9)10)41-27-37-39(54(15,16)52(37,11)12)29-45(41)57(43)31-21-23-33-35(25-31)50(7,8)48(33,3)4/h17-29H,1-16H3. The normalized spacial score (nSPS) is 23.4. The second-order valence-electron chi connectivity index (χ2n) is 23.2. The van der Waals surface area contributed by atoms with E-state index in [2.05, 4.69) is 199 Å². The van der Waals surface area contributed by atoms with E-state index in [-0.39, 0.29) is 50.0 Å². The molecule has 2 nitrogen and oxygen atoms in total. The molecule has 4 aliphatic carbocycles. The second-order valence-corrected chi connectivity index (χ2v) is 23.2. The molecule has 0 unspecified atom stereocenters. The van der Waals surface area contributed by atoms with Crippen molar-refractivity contribution < 1.29 is 0 Å². The maximum Gasteiger partial charge on any atom is 0.252 e. The Labute approximate surface area is 343 Å². The predicted molar refractivity (Wildman–Crippen MR) is 245 cm³/mol. The van der Waals surface area contributed by atoms with E-state index in [1.165, 1.54) is 95.0 Å². The number of rotatable bonds is 2. The Kier molecular flexibility index (Phi) is 6.16. The van der Waals surface area contributed by atoms with Crippen molar-refractivity contribution in [3.63, 3.8) is 0 Å². The third-order valence-electron chi connectivity index (χ3n) is 19.4. The van der Waals surface area contributed by atoms with E-state index in [1.807, 2.05) is 0 Å². The Morgan fingerprint density at radius 2 is 0.614 bits per heavy atom. The zero-order chi connectivity index (χ0) is 40.7. The summed E-state index contributed by atoms with van der Waals surface area (Å²) in [5.74, 6) is 0. The highest BCUT2D eigenvalue weighted by atomic mass is 15.2. The van der Waals surface area contributed by atoms with Gasteiger partial charge in [0.15, 0.2) is 0 Å². The fourth-order valence-electron chi connectivity index (χ4n) is 12.6. The Morgan fingerprint density at radius 3 is 0.965 bits per heavy atom. The summed E-state index contributed by atoms with van der Waals surface area (Å²) in [4.78, 5) is 5.29. The third-order valence-corrected chi connectivity index (χ3v) is 19.4. The Balaban J connectivity index is 1.22. The summed E-state index contributed by atoms with van der Waals surface area (Å²) in [6, 6.07) is 32.4. The van der Waals surface area contributed by atoms with Crippen LogP contribution in [0.25, 0.3) is 0 Å². The van der Waals surface area contributed by atoms with Crippen molar-refractivity contribution in [1.82, 2.24) is 0 Å². The molecule has 2 heterocycles. The van der Waals surface area contributed by atoms with Crippen molar-refractivity contribution >= 4 is 57.2 Å². The van der Waals surface area contributed by atoms with Gasteiger partial charge in [-0.05, 0) is 153 Å². The van der Waals surface area contributed by atoms with Gasteiger partial charge >= 0.3 is 0 Å². The van der Waals surface area contributed by atoms with Gasteiger partial charge in [-0.3, -0.25) is 0 Å². The van der Waals surface area contributed by atoms with Crippen LogP contribution in [0.2, 0.25) is 0 Å². The molecule has 0 saturated heterocycles. The van der Waals surface area contributed by atoms with Crippen molar-refractivity contribution in [3.05, 3.63) is 123 Å². The molecule has 0 bridgehead atoms. The second kappa shape index (κ2) is 9.78. The zero-order valence-corrected chi connectivity index (χ0v) is 37.5. The molecule has 0 N–H and O–H groups in total. The van der Waals surface area contributed by atoms with Crippen molar-refractivity contribution in [2.24, 2.45) is 0 Å². The summed E-state index contributed by atoms with van der Waals surface area (Å²) in [5.41, 5.74) is 24.9. The van der Waals surface area contributed by atoms with E-state index >= 15 is 0 Å². The van der Waals surface area contributed by atoms with E-state index in [4.69, 9.17) is 0 Å². The lowest BCUT2D eigenvalue weighted by Crippen LogP contribution is -2.64. The third kappa shape index (κ3) is 3.64. The first-order valence-electron chi connectivity index (χ1n) is 21.7. The Bertz CT molecular complexity index is 2530. The van der Waals surface area contributed by atoms with Gasteiger partial charge in [-0.1, -0.05) is 141 Å². The molecule has 2 aliphatic heterocycles. The molecule has 5 aromatic carbocycles. The largest absolute Gasteiger partial charge is 0.311 e. The van der Waals surface area contributed by atoms with Crippen LogP contribution in [0.5, 0.6) is 0 Å². The van der Waals surface area contributed by atoms with Gasteiger partial charge in [0.2, 0.25) is 0 Å². The number of benzene rings is 5. The molecule has 57 heavy (non-hydrogen) atoms. The Morgan fingerprint density at radius 1 is 0.316 bits per heavy atom. The van der Waals surface area contributed by atoms with Crippen LogP contribution in [0, 0.1) is 0 Å². The molecule has 6 aliphatic rings. The molecule has 5 aromatic rings. The van der Waals surface area contributed by atoms with Crippen LogP contribution < -0.4 is 26.2 Å². The first-order chi connectivity index (χ1) is 26.3. The van der Waals surface area contributed by atoms with Crippen molar-refractivity contribution in [3.8, 4) is 0 Å². The SMILES string of the molecule is CC1(C)c2ccc(N3c4cc5c(cc4B4c6cc7c(cc6N(c6ccc8c(c6)C(C)(C)C8(C)C)c6cccc3c64)C(C)(C)C7(C)C)C(C)(C)C5(C)C)cc2C1(C)C. The summed E-state index contributed by atoms with van der Waals surface area (Å²) in [5, 5.41) is 0. The van der Waals surface area contributed by atoms with Gasteiger partial charge in [0.25, 0.3) is 6.71 Å². The smallest absolute Gasteiger partial charge is 0.252 e. The maximum absolute atomic E-state index is 2.65. The van der Waals surface area contributed by atoms with Crippen LogP contribution in [-0.4, -0.2) is 6.71 Å². The first-order valence-corrected chi connectivity index (χ1v) is 21.7. The molecule has 0 radical (unpaired) electrons. The molecule has 0 saturated carbocycles. The van der Waals surface area contributed by atoms with Gasteiger partial charge in [0.05, 0.1) is 0 Å². The van der Waals surface area contributed by atoms with Gasteiger partial charge in [-0.15, -0.1) is 0 Å². The summed E-state index contributed by atoms with van der Waals surface area (Å²) >= 11 is 0. The van der Waals surface area contributed by atoms with Gasteiger partial charge in [0, 0.05) is 34.1 Å². The highest BCUT2D eigenvalue weighted by Crippen LogP contribution is 2.62. The molecule has 0 fully saturated rings. The zero-order valence-electron chi connectivity index (χ0n) is 37.5. The molecule has 11 rings (SSSR count). The minimum atomic E-state index is 0.0780. The van der Waals surface area contributed by atoms with Crippen LogP contribution in [0.1, 0.15) is 155 Å². The first kappa shape index (κ1) is 35.9. The number of nitrogens with zero attached hydrogens (tertiary/aromatic N) is 2. The van der Waals surface area contributed by atoms with Gasteiger partial charge in [0.1, 0.15) is 0 Å². The van der Waals surface area contributed by atoms with Crippen LogP contribution in [0.4, 0.5) is 34.1 Å². The van der Waals surface area contributed by atoms with E-state index in [0.29, 0.717) is 0 Å². The fraction of sp³-hybridized carbons (Fsp3) is 0.444. The minimum absolute atomic E-state index is 0.0780. The van der Waals surface area contributed by atoms with Crippen LogP contribution in [0.3, 0.4) is 0 Å². The number of fused-ring (bicyclic) bond motifs is 8. The quantitative estimate of drug-likeness (QED) is 0.163. The highest BCUT2D eigenvalue weighted by Gasteiger charge is 2.57. The van der Waals surface area contributed by atoms with Crippen molar-refractivity contribution in [2.75, 3.05) is 9.80 Å². The van der Waals surface area contributed by atoms with E-state index in [1.54, 1.807) is 0 Å². The van der Waals surface area contributed by atoms with Crippen LogP contribution in [-0.2, 0) is 43.3 Å². The fourth-order valence-corrected chi connectivity index (χ4v) is 12.6. The molecule has 290 valence electrons. The Hall–Kier alpha value is -4.24. The van der Waals surface area contributed by atoms with Gasteiger partial charge < -0.3 is 9.80 Å². The van der Waals surface area contributed by atoms with Gasteiger partial charge in [-0.25, -0.2) is 0 Å². The summed E-state index contributed by atoms with van der Waals surface area (Å²) in [6.07, 6.45) is 0. The van der Waals surface area contributed by atoms with Crippen molar-refractivity contribution in [2.45, 2.75) is 154 Å². The van der Waals surface area contributed by atoms with Crippen LogP contribution in [0.15, 0.2) is 78.9 Å². The van der Waals surface area contributed by atoms with E-state index in [9.17, 15) is 0 Å². The number of anilines is 6. The maximum atomic E-state index is 2.65. The number of hydrogen-bond donors (Lipinski definition) is 0. The highest BCUT2D eigenvalue weighted by molar-refractivity contribution is 7.00. The van der Waals surface area contributed by atoms with Gasteiger partial charge in [-0.2, -0.15) is 0 Å². The molecule has 0 amide bonds. The summed E-state index contributed by atoms with van der Waals surface area (Å²) in [7, 11) is 0. The lowest BCUT2D eigenvalue weighted by atomic mass is 9.32. The summed E-state index contributed by atoms with van der Waals surface area (Å²) in [6.45, 7) is 39.1. The van der Waals surface area contributed by atoms with Crippen LogP contribution >= 0.6 is 0 Å². The number of hydrogen-bond acceptors (Lipinski definition) is 2. The molecule has 0 aromatic heterocycles. The topological polar surface area (TPSA) is 6.48 Å². The molecule has 0 spiro atoms. The molecule has 3 heteroatoms. The van der Waals surface area contributed by atoms with Crippen molar-refractivity contribution in [1.29, 1.82) is 0 Å². The predicted octanol–water partition coefficient (Wildman–Crippen LogP) is 12.0. The minimum Gasteiger partial charge on any atom is -0.311 e. The molecular formula is C54H61BN2. The average Bonchev–Trinajstić information content (AvgIpc) is 3.16. The average molecular weight is 749 g/mol. The summed E-state index contributed by atoms with van der Waals surface area (Å²) < 4.78 is 0. The lowest BCUT2D eigenvalue weighted by Gasteiger charge is -2.57. The lowest BCUT2D eigenvalue weighted by molar-refractivity contribution is 0.242. The van der Waals surface area contributed by atoms with E-state index in [0.717, 1.165) is 0 Å².